The van der Waals surface area contributed by atoms with E-state index in [0.29, 0.717) is 10.1 Å². The quantitative estimate of drug-likeness (QED) is 0.190. The van der Waals surface area contributed by atoms with Crippen molar-refractivity contribution in [3.63, 3.8) is 0 Å². The van der Waals surface area contributed by atoms with Crippen LogP contribution in [0.25, 0.3) is 6.08 Å². The molecule has 0 aliphatic carbocycles. The van der Waals surface area contributed by atoms with Crippen molar-refractivity contribution < 1.29 is 14.3 Å². The maximum Gasteiger partial charge on any atom is 0.278 e. The Kier molecular flexibility index (Phi) is 9.24. The highest BCUT2D eigenvalue weighted by atomic mass is 35.5. The number of halogens is 3. The maximum atomic E-state index is 12.9. The Hall–Kier alpha value is -2.71. The van der Waals surface area contributed by atoms with Gasteiger partial charge in [0.2, 0.25) is 0 Å². The van der Waals surface area contributed by atoms with Crippen LogP contribution in [0, 0.1) is 0 Å². The molecule has 1 aliphatic heterocycles. The van der Waals surface area contributed by atoms with Crippen LogP contribution >= 0.6 is 46.6 Å². The highest BCUT2D eigenvalue weighted by Crippen LogP contribution is 2.34. The SMILES string of the molecule is C=CCN1C(=O)/C(=C/C(C)=C/c2ccccc2)S/C1=N/NC(=O)COc1cc(Cl)c(Cl)cc1Cl. The van der Waals surface area contributed by atoms with E-state index in [0.717, 1.165) is 22.9 Å². The molecular formula is C24H20Cl3N3O3S. The fraction of sp³-hybridized carbons (Fsp3) is 0.125. The lowest BCUT2D eigenvalue weighted by Crippen LogP contribution is -2.32. The van der Waals surface area contributed by atoms with E-state index in [4.69, 9.17) is 39.5 Å². The van der Waals surface area contributed by atoms with Crippen molar-refractivity contribution >= 4 is 69.6 Å². The van der Waals surface area contributed by atoms with E-state index in [1.807, 2.05) is 43.3 Å². The van der Waals surface area contributed by atoms with Crippen LogP contribution in [0.4, 0.5) is 0 Å². The summed E-state index contributed by atoms with van der Waals surface area (Å²) in [5.41, 5.74) is 4.32. The molecule has 1 aliphatic rings. The van der Waals surface area contributed by atoms with Gasteiger partial charge in [0, 0.05) is 12.6 Å². The Morgan fingerprint density at radius 2 is 1.88 bits per heavy atom. The Bertz CT molecular complexity index is 1200. The minimum Gasteiger partial charge on any atom is -0.482 e. The van der Waals surface area contributed by atoms with Crippen LogP contribution in [-0.4, -0.2) is 35.0 Å². The second kappa shape index (κ2) is 12.1. The van der Waals surface area contributed by atoms with E-state index in [2.05, 4.69) is 17.1 Å². The zero-order chi connectivity index (χ0) is 24.7. The van der Waals surface area contributed by atoms with Gasteiger partial charge >= 0.3 is 0 Å². The molecule has 0 spiro atoms. The van der Waals surface area contributed by atoms with E-state index in [1.165, 1.54) is 17.0 Å². The first-order chi connectivity index (χ1) is 16.3. The number of rotatable bonds is 8. The lowest BCUT2D eigenvalue weighted by Gasteiger charge is -2.12. The average Bonchev–Trinajstić information content (AvgIpc) is 3.09. The molecule has 1 N–H and O–H groups in total. The van der Waals surface area contributed by atoms with Gasteiger partial charge in [0.1, 0.15) is 5.75 Å². The third-order valence-corrected chi connectivity index (χ3v) is 6.39. The van der Waals surface area contributed by atoms with Crippen molar-refractivity contribution in [2.75, 3.05) is 13.2 Å². The summed E-state index contributed by atoms with van der Waals surface area (Å²) in [4.78, 5) is 27.0. The number of allylic oxidation sites excluding steroid dienone is 2. The van der Waals surface area contributed by atoms with E-state index in [-0.39, 0.29) is 39.9 Å². The molecule has 0 aromatic heterocycles. The molecule has 1 fully saturated rings. The minimum absolute atomic E-state index is 0.212. The molecule has 2 aromatic carbocycles. The fourth-order valence-electron chi connectivity index (χ4n) is 2.84. The van der Waals surface area contributed by atoms with Crippen molar-refractivity contribution in [1.29, 1.82) is 0 Å². The maximum absolute atomic E-state index is 12.9. The van der Waals surface area contributed by atoms with E-state index in [1.54, 1.807) is 12.2 Å². The first-order valence-electron chi connectivity index (χ1n) is 9.98. The van der Waals surface area contributed by atoms with Gasteiger partial charge in [0.25, 0.3) is 11.8 Å². The second-order valence-corrected chi connectivity index (χ2v) is 9.26. The smallest absolute Gasteiger partial charge is 0.278 e. The number of hydrogen-bond donors (Lipinski definition) is 1. The van der Waals surface area contributed by atoms with Gasteiger partial charge in [-0.25, -0.2) is 5.43 Å². The molecule has 1 saturated heterocycles. The largest absolute Gasteiger partial charge is 0.482 e. The summed E-state index contributed by atoms with van der Waals surface area (Å²) in [5, 5.41) is 5.17. The fourth-order valence-corrected chi connectivity index (χ4v) is 4.43. The summed E-state index contributed by atoms with van der Waals surface area (Å²) >= 11 is 19.0. The monoisotopic (exact) mass is 535 g/mol. The zero-order valence-corrected chi connectivity index (χ0v) is 21.1. The van der Waals surface area contributed by atoms with Gasteiger partial charge in [-0.1, -0.05) is 77.3 Å². The van der Waals surface area contributed by atoms with Gasteiger partial charge in [-0.3, -0.25) is 14.5 Å². The number of benzene rings is 2. The summed E-state index contributed by atoms with van der Waals surface area (Å²) in [6, 6.07) is 12.6. The molecule has 2 aromatic rings. The van der Waals surface area contributed by atoms with Crippen LogP contribution < -0.4 is 10.2 Å². The van der Waals surface area contributed by atoms with Crippen molar-refractivity contribution in [1.82, 2.24) is 10.3 Å². The molecular weight excluding hydrogens is 517 g/mol. The van der Waals surface area contributed by atoms with Crippen LogP contribution in [0.1, 0.15) is 12.5 Å². The number of ether oxygens (including phenoxy) is 1. The molecule has 176 valence electrons. The predicted molar refractivity (Wildman–Crippen MR) is 140 cm³/mol. The lowest BCUT2D eigenvalue weighted by molar-refractivity contribution is -0.124. The van der Waals surface area contributed by atoms with Crippen LogP contribution in [0.3, 0.4) is 0 Å². The lowest BCUT2D eigenvalue weighted by atomic mass is 10.1. The topological polar surface area (TPSA) is 71.0 Å². The summed E-state index contributed by atoms with van der Waals surface area (Å²) in [5.74, 6) is -0.556. The number of nitrogens with zero attached hydrogens (tertiary/aromatic N) is 2. The molecule has 0 unspecified atom stereocenters. The summed E-state index contributed by atoms with van der Waals surface area (Å²) in [6.45, 7) is 5.48. The summed E-state index contributed by atoms with van der Waals surface area (Å²) in [6.07, 6.45) is 5.34. The first-order valence-corrected chi connectivity index (χ1v) is 11.9. The average molecular weight is 537 g/mol. The second-order valence-electron chi connectivity index (χ2n) is 7.03. The summed E-state index contributed by atoms with van der Waals surface area (Å²) in [7, 11) is 0. The van der Waals surface area contributed by atoms with Crippen LogP contribution in [0.5, 0.6) is 5.75 Å². The highest BCUT2D eigenvalue weighted by molar-refractivity contribution is 8.18. The molecule has 0 atom stereocenters. The Morgan fingerprint density at radius 1 is 1.18 bits per heavy atom. The van der Waals surface area contributed by atoms with Crippen molar-refractivity contribution in [2.45, 2.75) is 6.92 Å². The summed E-state index contributed by atoms with van der Waals surface area (Å²) < 4.78 is 5.40. The molecule has 1 heterocycles. The van der Waals surface area contributed by atoms with Crippen LogP contribution in [-0.2, 0) is 9.59 Å². The number of amidine groups is 1. The molecule has 0 bridgehead atoms. The molecule has 3 rings (SSSR count). The molecule has 0 radical (unpaired) electrons. The molecule has 2 amide bonds. The van der Waals surface area contributed by atoms with Gasteiger partial charge in [-0.15, -0.1) is 11.7 Å². The van der Waals surface area contributed by atoms with Crippen molar-refractivity contribution in [2.24, 2.45) is 5.10 Å². The van der Waals surface area contributed by atoms with Crippen LogP contribution in [0.15, 0.2) is 76.8 Å². The van der Waals surface area contributed by atoms with Gasteiger partial charge < -0.3 is 4.74 Å². The number of carbonyl (C=O) groups excluding carboxylic acids is 2. The van der Waals surface area contributed by atoms with Gasteiger partial charge in [-0.2, -0.15) is 0 Å². The number of carbonyl (C=O) groups is 2. The third kappa shape index (κ3) is 6.90. The predicted octanol–water partition coefficient (Wildman–Crippen LogP) is 6.16. The molecule has 0 saturated carbocycles. The number of hydrogen-bond acceptors (Lipinski definition) is 5. The van der Waals surface area contributed by atoms with Crippen molar-refractivity contribution in [3.05, 3.63) is 92.3 Å². The Morgan fingerprint density at radius 3 is 2.59 bits per heavy atom. The zero-order valence-electron chi connectivity index (χ0n) is 18.1. The standard InChI is InChI=1S/C24H20Cl3N3O3S/c1-3-9-30-23(32)21(11-15(2)10-16-7-5-4-6-8-16)34-24(30)29-28-22(31)14-33-20-13-18(26)17(25)12-19(20)27/h3-8,10-13H,1,9,14H2,2H3,(H,28,31)/b15-10+,21-11-,29-24+. The third-order valence-electron chi connectivity index (χ3n) is 4.36. The number of nitrogens with one attached hydrogen (secondary N) is 1. The van der Waals surface area contributed by atoms with E-state index >= 15 is 0 Å². The van der Waals surface area contributed by atoms with Gasteiger partial charge in [0.05, 0.1) is 20.0 Å². The molecule has 10 heteroatoms. The number of amides is 2. The number of thioether (sulfide) groups is 1. The Balaban J connectivity index is 1.68. The van der Waals surface area contributed by atoms with E-state index < -0.39 is 5.91 Å². The van der Waals surface area contributed by atoms with Gasteiger partial charge in [0.15, 0.2) is 11.8 Å². The van der Waals surface area contributed by atoms with Crippen molar-refractivity contribution in [3.8, 4) is 5.75 Å². The molecule has 6 nitrogen and oxygen atoms in total. The first kappa shape index (κ1) is 25.9. The van der Waals surface area contributed by atoms with Crippen LogP contribution in [0.2, 0.25) is 15.1 Å². The van der Waals surface area contributed by atoms with E-state index in [9.17, 15) is 9.59 Å². The Labute approximate surface area is 216 Å². The minimum atomic E-state index is -0.543. The highest BCUT2D eigenvalue weighted by Gasteiger charge is 2.32. The number of hydrazone groups is 1. The molecule has 34 heavy (non-hydrogen) atoms. The van der Waals surface area contributed by atoms with Gasteiger partial charge in [-0.05, 0) is 42.0 Å². The normalized spacial score (nSPS) is 16.3.